The third kappa shape index (κ3) is 3.43. The van der Waals surface area contributed by atoms with Crippen LogP contribution < -0.4 is 0 Å². The van der Waals surface area contributed by atoms with Crippen LogP contribution in [0.3, 0.4) is 0 Å². The lowest BCUT2D eigenvalue weighted by atomic mass is 10.2. The zero-order valence-electron chi connectivity index (χ0n) is 8.39. The number of hydrogen-bond donors (Lipinski definition) is 0. The van der Waals surface area contributed by atoms with Crippen LogP contribution in [0.15, 0.2) is 18.2 Å². The molecule has 4 nitrogen and oxygen atoms in total. The van der Waals surface area contributed by atoms with E-state index in [0.717, 1.165) is 11.9 Å². The molecular weight excluding hydrogens is 202 g/mol. The summed E-state index contributed by atoms with van der Waals surface area (Å²) in [7, 11) is -3.42. The normalized spacial score (nSPS) is 13.9. The highest BCUT2D eigenvalue weighted by molar-refractivity contribution is 7.86. The lowest BCUT2D eigenvalue weighted by Gasteiger charge is -2.10. The van der Waals surface area contributed by atoms with E-state index in [2.05, 4.69) is 4.98 Å². The molecule has 0 saturated carbocycles. The van der Waals surface area contributed by atoms with E-state index in [4.69, 9.17) is 4.18 Å². The standard InChI is InChI=1S/C9H13NO3S/c1-7-5-4-6-9(10-7)8(2)13-14(3,11)12/h4-6,8H,1-3H3/t8-/m1/s1. The average molecular weight is 215 g/mol. The predicted molar refractivity (Wildman–Crippen MR) is 53.3 cm³/mol. The fraction of sp³-hybridized carbons (Fsp3) is 0.444. The Labute approximate surface area is 84.1 Å². The SMILES string of the molecule is Cc1cccc([C@@H](C)OS(C)(=O)=O)n1. The van der Waals surface area contributed by atoms with Crippen molar-refractivity contribution in [1.29, 1.82) is 0 Å². The van der Waals surface area contributed by atoms with E-state index in [1.54, 1.807) is 13.0 Å². The van der Waals surface area contributed by atoms with E-state index in [-0.39, 0.29) is 0 Å². The van der Waals surface area contributed by atoms with Crippen LogP contribution in [0.1, 0.15) is 24.4 Å². The molecule has 0 amide bonds. The Balaban J connectivity index is 2.85. The highest BCUT2D eigenvalue weighted by Crippen LogP contribution is 2.16. The van der Waals surface area contributed by atoms with Gasteiger partial charge in [-0.25, -0.2) is 0 Å². The first-order valence-corrected chi connectivity index (χ1v) is 6.02. The number of aromatic nitrogens is 1. The molecule has 0 N–H and O–H groups in total. The van der Waals surface area contributed by atoms with Crippen molar-refractivity contribution in [2.24, 2.45) is 0 Å². The Morgan fingerprint density at radius 1 is 1.43 bits per heavy atom. The lowest BCUT2D eigenvalue weighted by Crippen LogP contribution is -2.09. The van der Waals surface area contributed by atoms with Gasteiger partial charge in [-0.15, -0.1) is 0 Å². The van der Waals surface area contributed by atoms with Crippen molar-refractivity contribution in [1.82, 2.24) is 4.98 Å². The molecule has 0 aliphatic rings. The molecule has 14 heavy (non-hydrogen) atoms. The smallest absolute Gasteiger partial charge is 0.261 e. The number of pyridine rings is 1. The second-order valence-corrected chi connectivity index (χ2v) is 4.75. The van der Waals surface area contributed by atoms with Crippen molar-refractivity contribution >= 4 is 10.1 Å². The molecule has 0 spiro atoms. The zero-order chi connectivity index (χ0) is 10.8. The van der Waals surface area contributed by atoms with Gasteiger partial charge in [0.25, 0.3) is 10.1 Å². The Morgan fingerprint density at radius 3 is 2.57 bits per heavy atom. The Kier molecular flexibility index (Phi) is 3.23. The van der Waals surface area contributed by atoms with Gasteiger partial charge < -0.3 is 0 Å². The Bertz CT molecular complexity index is 414. The molecule has 0 radical (unpaired) electrons. The highest BCUT2D eigenvalue weighted by atomic mass is 32.2. The lowest BCUT2D eigenvalue weighted by molar-refractivity contribution is 0.231. The molecule has 0 aromatic carbocycles. The summed E-state index contributed by atoms with van der Waals surface area (Å²) in [4.78, 5) is 4.17. The van der Waals surface area contributed by atoms with E-state index in [9.17, 15) is 8.42 Å². The van der Waals surface area contributed by atoms with E-state index in [1.165, 1.54) is 0 Å². The molecule has 1 aromatic rings. The Morgan fingerprint density at radius 2 is 2.07 bits per heavy atom. The fourth-order valence-corrected chi connectivity index (χ4v) is 1.72. The maximum atomic E-state index is 10.8. The van der Waals surface area contributed by atoms with Crippen molar-refractivity contribution in [3.63, 3.8) is 0 Å². The van der Waals surface area contributed by atoms with Gasteiger partial charge in [0.1, 0.15) is 6.10 Å². The number of rotatable bonds is 3. The van der Waals surface area contributed by atoms with Gasteiger partial charge >= 0.3 is 0 Å². The number of aryl methyl sites for hydroxylation is 1. The van der Waals surface area contributed by atoms with Crippen LogP contribution in [0.4, 0.5) is 0 Å². The largest absolute Gasteiger partial charge is 0.265 e. The fourth-order valence-electron chi connectivity index (χ4n) is 1.10. The second kappa shape index (κ2) is 4.06. The van der Waals surface area contributed by atoms with Gasteiger partial charge in [-0.3, -0.25) is 9.17 Å². The average Bonchev–Trinajstić information content (AvgIpc) is 2.01. The van der Waals surface area contributed by atoms with Gasteiger partial charge in [0, 0.05) is 5.69 Å². The van der Waals surface area contributed by atoms with Gasteiger partial charge in [-0.1, -0.05) is 6.07 Å². The minimum absolute atomic E-state index is 0.537. The van der Waals surface area contributed by atoms with Gasteiger partial charge in [0.2, 0.25) is 0 Å². The molecule has 5 heteroatoms. The van der Waals surface area contributed by atoms with Crippen LogP contribution in [0, 0.1) is 6.92 Å². The minimum Gasteiger partial charge on any atom is -0.261 e. The van der Waals surface area contributed by atoms with Crippen molar-refractivity contribution in [3.05, 3.63) is 29.6 Å². The van der Waals surface area contributed by atoms with E-state index in [1.807, 2.05) is 19.1 Å². The summed E-state index contributed by atoms with van der Waals surface area (Å²) < 4.78 is 26.5. The first-order valence-electron chi connectivity index (χ1n) is 4.20. The summed E-state index contributed by atoms with van der Waals surface area (Å²) in [6.45, 7) is 3.50. The van der Waals surface area contributed by atoms with Gasteiger partial charge in [-0.2, -0.15) is 8.42 Å². The summed E-state index contributed by atoms with van der Waals surface area (Å²) in [5.74, 6) is 0. The molecule has 0 aliphatic carbocycles. The van der Waals surface area contributed by atoms with Crippen molar-refractivity contribution in [2.75, 3.05) is 6.26 Å². The third-order valence-electron chi connectivity index (χ3n) is 1.65. The van der Waals surface area contributed by atoms with Crippen LogP contribution in [0.25, 0.3) is 0 Å². The monoisotopic (exact) mass is 215 g/mol. The van der Waals surface area contributed by atoms with Crippen molar-refractivity contribution in [2.45, 2.75) is 20.0 Å². The number of nitrogens with zero attached hydrogens (tertiary/aromatic N) is 1. The molecule has 1 aromatic heterocycles. The maximum Gasteiger partial charge on any atom is 0.265 e. The molecule has 0 bridgehead atoms. The van der Waals surface area contributed by atoms with Crippen molar-refractivity contribution in [3.8, 4) is 0 Å². The topological polar surface area (TPSA) is 56.3 Å². The summed E-state index contributed by atoms with van der Waals surface area (Å²) in [5, 5.41) is 0. The van der Waals surface area contributed by atoms with Crippen molar-refractivity contribution < 1.29 is 12.6 Å². The molecule has 0 aliphatic heterocycles. The summed E-state index contributed by atoms with van der Waals surface area (Å²) in [6.07, 6.45) is 0.490. The quantitative estimate of drug-likeness (QED) is 0.716. The van der Waals surface area contributed by atoms with Crippen LogP contribution in [-0.4, -0.2) is 19.7 Å². The van der Waals surface area contributed by atoms with E-state index >= 15 is 0 Å². The molecule has 0 saturated heterocycles. The van der Waals surface area contributed by atoms with E-state index in [0.29, 0.717) is 5.69 Å². The molecule has 1 rings (SSSR count). The Hall–Kier alpha value is -0.940. The van der Waals surface area contributed by atoms with Gasteiger partial charge in [0.05, 0.1) is 11.9 Å². The molecule has 1 atom stereocenters. The molecule has 0 fully saturated rings. The highest BCUT2D eigenvalue weighted by Gasteiger charge is 2.13. The van der Waals surface area contributed by atoms with Gasteiger partial charge in [0.15, 0.2) is 0 Å². The summed E-state index contributed by atoms with van der Waals surface area (Å²) >= 11 is 0. The van der Waals surface area contributed by atoms with Crippen LogP contribution in [0.5, 0.6) is 0 Å². The molecule has 78 valence electrons. The molecular formula is C9H13NO3S. The first-order chi connectivity index (χ1) is 6.38. The molecule has 0 unspecified atom stereocenters. The van der Waals surface area contributed by atoms with Crippen LogP contribution in [-0.2, 0) is 14.3 Å². The van der Waals surface area contributed by atoms with Crippen LogP contribution in [0.2, 0.25) is 0 Å². The second-order valence-electron chi connectivity index (χ2n) is 3.15. The zero-order valence-corrected chi connectivity index (χ0v) is 9.21. The summed E-state index contributed by atoms with van der Waals surface area (Å²) in [5.41, 5.74) is 1.46. The number of hydrogen-bond acceptors (Lipinski definition) is 4. The predicted octanol–water partition coefficient (Wildman–Crippen LogP) is 1.43. The third-order valence-corrected chi connectivity index (χ3v) is 2.28. The van der Waals surface area contributed by atoms with Gasteiger partial charge in [-0.05, 0) is 26.0 Å². The maximum absolute atomic E-state index is 10.8. The summed E-state index contributed by atoms with van der Waals surface area (Å²) in [6, 6.07) is 5.40. The van der Waals surface area contributed by atoms with E-state index < -0.39 is 16.2 Å². The van der Waals surface area contributed by atoms with Crippen LogP contribution >= 0.6 is 0 Å². The first kappa shape index (κ1) is 11.1. The minimum atomic E-state index is -3.42. The molecule has 1 heterocycles.